The van der Waals surface area contributed by atoms with E-state index in [-0.39, 0.29) is 22.5 Å². The lowest BCUT2D eigenvalue weighted by atomic mass is 9.99. The molecule has 18 aromatic rings. The number of hydrogen-bond donors (Lipinski definition) is 6. The number of halogens is 1. The Hall–Kier alpha value is -15.2. The summed E-state index contributed by atoms with van der Waals surface area (Å²) in [4.78, 5) is 71.8. The summed E-state index contributed by atoms with van der Waals surface area (Å²) in [6, 6.07) is 80.9. The molecule has 0 aliphatic heterocycles. The first-order valence-corrected chi connectivity index (χ1v) is 35.6. The van der Waals surface area contributed by atoms with Crippen molar-refractivity contribution >= 4 is 63.4 Å². The number of anilines is 6. The third-order valence-electron chi connectivity index (χ3n) is 19.3. The Morgan fingerprint density at radius 2 is 0.802 bits per heavy atom. The summed E-state index contributed by atoms with van der Waals surface area (Å²) >= 11 is 6.65. The van der Waals surface area contributed by atoms with Gasteiger partial charge in [0.1, 0.15) is 86.0 Å². The summed E-state index contributed by atoms with van der Waals surface area (Å²) in [6.07, 6.45) is 6.79. The molecule has 538 valence electrons. The minimum absolute atomic E-state index is 0.178. The highest BCUT2D eigenvalue weighted by Crippen LogP contribution is 2.43. The van der Waals surface area contributed by atoms with Crippen molar-refractivity contribution in [1.82, 2.24) is 68.5 Å². The number of aromatic amines is 3. The molecule has 10 aromatic heterocycles. The Balaban J connectivity index is 0.751. The zero-order chi connectivity index (χ0) is 75.2. The molecule has 8 aromatic carbocycles. The minimum atomic E-state index is -0.490. The van der Waals surface area contributed by atoms with E-state index in [9.17, 15) is 0 Å². The van der Waals surface area contributed by atoms with Crippen molar-refractivity contribution in [3.8, 4) is 135 Å². The number of methoxy groups -OCH3 is 3. The van der Waals surface area contributed by atoms with Gasteiger partial charge >= 0.3 is 0 Å². The van der Waals surface area contributed by atoms with Crippen LogP contribution in [0.1, 0.15) is 0 Å². The molecule has 0 saturated heterocycles. The van der Waals surface area contributed by atoms with E-state index in [0.717, 1.165) is 33.4 Å². The van der Waals surface area contributed by atoms with E-state index in [2.05, 4.69) is 35.9 Å². The largest absolute Gasteiger partial charge is 0.497 e. The molecule has 6 N–H and O–H groups in total. The van der Waals surface area contributed by atoms with Gasteiger partial charge in [0.05, 0.1) is 60.4 Å². The number of benzene rings is 8. The number of H-pyrrole nitrogens is 3. The lowest BCUT2D eigenvalue weighted by Crippen LogP contribution is -2.20. The SMILES string of the molecule is COc1ccc(-c2c(Nc3ccn(-c4cc(-c5c(Nc6ccc(-c7cc(-c8c(Nc9ccccn9)[nH]c9c(-c%10cccc(Cl)c%10)c(-c%10ccccc%10)nn9c8=O)ccc7OC)cn6)[nH]c6c(-c7ccccc7)c(-c7ccccn7)nn6c5=O)ccc4OC)n3)[nH]c3c(-c4ccccc4)c(-c4ccccc4)nn3c2=O)cc1. The molecule has 10 heterocycles. The Labute approximate surface area is 636 Å². The van der Waals surface area contributed by atoms with Gasteiger partial charge < -0.3 is 45.1 Å². The number of pyridine rings is 3. The van der Waals surface area contributed by atoms with Gasteiger partial charge in [0.2, 0.25) is 0 Å². The maximum absolute atomic E-state index is 16.0. The van der Waals surface area contributed by atoms with Crippen LogP contribution >= 0.6 is 11.6 Å². The van der Waals surface area contributed by atoms with Crippen LogP contribution in [0.2, 0.25) is 5.02 Å². The molecular formula is C87H62ClN17O6. The molecule has 0 bridgehead atoms. The maximum Gasteiger partial charge on any atom is 0.284 e. The van der Waals surface area contributed by atoms with Crippen molar-refractivity contribution in [2.45, 2.75) is 0 Å². The Kier molecular flexibility index (Phi) is 17.4. The van der Waals surface area contributed by atoms with Gasteiger partial charge in [-0.3, -0.25) is 19.4 Å². The standard InChI is InChI=1S/C87H62ClN17O6/c1-109-61-38-33-53(34-39-61)73-79(95-82-70(51-21-8-4-9-22-51)76(99-103(82)85(73)106)54-25-12-6-13-26-54)94-69-43-46-102(98-69)64-49-58(36-41-66(64)111-3)75-81(96-83-71(52-23-10-5-11-24-52)78(101-105(83)87(75)108)63-31-16-18-44-89-63)93-68-42-37-59(50-91-68)62-48-57(35-40-65(62)110-2)74-80(92-67-32-17-19-45-90-67)97-84-72(56-29-20-30-60(88)47-56)77(100-104(84)86(74)107)55-27-14-7-15-28-55/h4-50,95-97H,1-3H3,(H,90,92)(H,91,93)(H,94,98). The number of nitrogens with one attached hydrogen (secondary N) is 6. The smallest absolute Gasteiger partial charge is 0.284 e. The third-order valence-corrected chi connectivity index (χ3v) is 19.5. The van der Waals surface area contributed by atoms with E-state index in [4.69, 9.17) is 56.2 Å². The molecule has 0 atom stereocenters. The average molecular weight is 1480 g/mol. The number of ether oxygens (including phenoxy) is 3. The summed E-state index contributed by atoms with van der Waals surface area (Å²) < 4.78 is 23.5. The first-order chi connectivity index (χ1) is 54.5. The van der Waals surface area contributed by atoms with Crippen LogP contribution in [0, 0.1) is 0 Å². The predicted octanol–water partition coefficient (Wildman–Crippen LogP) is 17.6. The average Bonchev–Trinajstić information content (AvgIpc) is 1.61. The zero-order valence-electron chi connectivity index (χ0n) is 59.4. The lowest BCUT2D eigenvalue weighted by Gasteiger charge is -2.16. The van der Waals surface area contributed by atoms with Crippen LogP contribution in [0.25, 0.3) is 134 Å². The molecule has 24 heteroatoms. The van der Waals surface area contributed by atoms with E-state index >= 15 is 14.4 Å². The Morgan fingerprint density at radius 3 is 1.32 bits per heavy atom. The van der Waals surface area contributed by atoms with Gasteiger partial charge in [-0.2, -0.15) is 28.8 Å². The highest BCUT2D eigenvalue weighted by Gasteiger charge is 2.29. The van der Waals surface area contributed by atoms with Gasteiger partial charge in [0.25, 0.3) is 16.7 Å². The molecule has 0 unspecified atom stereocenters. The third kappa shape index (κ3) is 12.5. The van der Waals surface area contributed by atoms with Gasteiger partial charge in [0, 0.05) is 58.1 Å². The van der Waals surface area contributed by atoms with Gasteiger partial charge in [0.15, 0.2) is 5.82 Å². The summed E-state index contributed by atoms with van der Waals surface area (Å²) in [5, 5.41) is 31.1. The fourth-order valence-corrected chi connectivity index (χ4v) is 14.3. The number of rotatable bonds is 20. The summed E-state index contributed by atoms with van der Waals surface area (Å²) in [7, 11) is 4.72. The van der Waals surface area contributed by atoms with Gasteiger partial charge in [-0.1, -0.05) is 181 Å². The van der Waals surface area contributed by atoms with Gasteiger partial charge in [-0.25, -0.2) is 14.6 Å². The molecular weight excluding hydrogens is 1410 g/mol. The monoisotopic (exact) mass is 1480 g/mol. The van der Waals surface area contributed by atoms with Gasteiger partial charge in [-0.15, -0.1) is 5.10 Å². The molecule has 0 aliphatic rings. The number of nitrogens with zero attached hydrogens (tertiary/aromatic N) is 11. The van der Waals surface area contributed by atoms with E-state index < -0.39 is 11.1 Å². The molecule has 23 nitrogen and oxygen atoms in total. The second-order valence-corrected chi connectivity index (χ2v) is 26.3. The highest BCUT2D eigenvalue weighted by atomic mass is 35.5. The summed E-state index contributed by atoms with van der Waals surface area (Å²) in [5.41, 5.74) is 12.1. The van der Waals surface area contributed by atoms with Crippen molar-refractivity contribution in [3.05, 3.63) is 322 Å². The quantitative estimate of drug-likeness (QED) is 0.0414. The van der Waals surface area contributed by atoms with Crippen molar-refractivity contribution in [3.63, 3.8) is 0 Å². The summed E-state index contributed by atoms with van der Waals surface area (Å²) in [6.45, 7) is 0. The maximum atomic E-state index is 16.0. The van der Waals surface area contributed by atoms with E-state index in [1.54, 1.807) is 105 Å². The minimum Gasteiger partial charge on any atom is -0.497 e. The first-order valence-electron chi connectivity index (χ1n) is 35.3. The van der Waals surface area contributed by atoms with Crippen LogP contribution < -0.4 is 46.8 Å². The van der Waals surface area contributed by atoms with Crippen LogP contribution in [0.15, 0.2) is 300 Å². The molecule has 0 aliphatic carbocycles. The molecule has 0 spiro atoms. The van der Waals surface area contributed by atoms with Crippen LogP contribution in [-0.4, -0.2) is 89.9 Å². The molecule has 0 fully saturated rings. The van der Waals surface area contributed by atoms with E-state index in [1.165, 1.54) is 13.5 Å². The van der Waals surface area contributed by atoms with Crippen LogP contribution in [0.3, 0.4) is 0 Å². The number of fused-ring (bicyclic) bond motifs is 3. The van der Waals surface area contributed by atoms with Crippen LogP contribution in [0.4, 0.5) is 34.9 Å². The molecule has 111 heavy (non-hydrogen) atoms. The molecule has 0 amide bonds. The van der Waals surface area contributed by atoms with Crippen molar-refractivity contribution in [1.29, 1.82) is 0 Å². The van der Waals surface area contributed by atoms with E-state index in [1.807, 2.05) is 206 Å². The topological polar surface area (TPSA) is 271 Å². The van der Waals surface area contributed by atoms with Gasteiger partial charge in [-0.05, 0) is 118 Å². The van der Waals surface area contributed by atoms with Crippen LogP contribution in [-0.2, 0) is 0 Å². The fraction of sp³-hybridized carbons (Fsp3) is 0.0345. The molecule has 0 radical (unpaired) electrons. The van der Waals surface area contributed by atoms with Crippen molar-refractivity contribution in [2.24, 2.45) is 0 Å². The summed E-state index contributed by atoms with van der Waals surface area (Å²) in [5.74, 6) is 3.67. The second-order valence-electron chi connectivity index (χ2n) is 25.9. The van der Waals surface area contributed by atoms with E-state index in [0.29, 0.717) is 141 Å². The second kappa shape index (κ2) is 28.6. The number of aromatic nitrogens is 14. The zero-order valence-corrected chi connectivity index (χ0v) is 60.1. The van der Waals surface area contributed by atoms with Crippen LogP contribution in [0.5, 0.6) is 17.2 Å². The van der Waals surface area contributed by atoms with Crippen molar-refractivity contribution in [2.75, 3.05) is 37.3 Å². The number of hydrogen-bond acceptors (Lipinski definition) is 16. The first kappa shape index (κ1) is 67.6. The predicted molar refractivity (Wildman–Crippen MR) is 433 cm³/mol. The van der Waals surface area contributed by atoms with Crippen molar-refractivity contribution < 1.29 is 14.2 Å². The normalized spacial score (nSPS) is 11.4. The Bertz CT molecular complexity index is 6750. The Morgan fingerprint density at radius 1 is 0.351 bits per heavy atom. The molecule has 18 rings (SSSR count). The fourth-order valence-electron chi connectivity index (χ4n) is 14.1. The molecule has 0 saturated carbocycles. The highest BCUT2D eigenvalue weighted by molar-refractivity contribution is 6.31. The lowest BCUT2D eigenvalue weighted by molar-refractivity contribution is 0.412.